The smallest absolute Gasteiger partial charge is 0.249 e. The zero-order valence-electron chi connectivity index (χ0n) is 13.2. The van der Waals surface area contributed by atoms with E-state index in [-0.39, 0.29) is 17.9 Å². The topological polar surface area (TPSA) is 94.5 Å². The molecule has 0 saturated carbocycles. The van der Waals surface area contributed by atoms with Gasteiger partial charge >= 0.3 is 0 Å². The SMILES string of the molecule is COCc1noc([C@@H](C)N2CC[C@H](C(N)=O)c3ccccc32)n1. The number of carbonyl (C=O) groups is 1. The number of para-hydroxylation sites is 1. The zero-order valence-corrected chi connectivity index (χ0v) is 13.2. The molecule has 1 aliphatic rings. The molecule has 1 aromatic heterocycles. The van der Waals surface area contributed by atoms with Crippen LogP contribution in [0.1, 0.15) is 42.6 Å². The number of benzene rings is 1. The molecule has 2 aromatic rings. The number of amides is 1. The summed E-state index contributed by atoms with van der Waals surface area (Å²) < 4.78 is 10.4. The van der Waals surface area contributed by atoms with Crippen LogP contribution in [0, 0.1) is 0 Å². The van der Waals surface area contributed by atoms with E-state index in [0.29, 0.717) is 31.3 Å². The molecule has 7 nitrogen and oxygen atoms in total. The summed E-state index contributed by atoms with van der Waals surface area (Å²) in [6.07, 6.45) is 0.676. The Morgan fingerprint density at radius 3 is 3.04 bits per heavy atom. The largest absolute Gasteiger partial charge is 0.377 e. The van der Waals surface area contributed by atoms with E-state index >= 15 is 0 Å². The molecule has 2 N–H and O–H groups in total. The van der Waals surface area contributed by atoms with Crippen molar-refractivity contribution < 1.29 is 14.1 Å². The highest BCUT2D eigenvalue weighted by molar-refractivity contribution is 5.85. The van der Waals surface area contributed by atoms with Gasteiger partial charge < -0.3 is 19.9 Å². The highest BCUT2D eigenvalue weighted by atomic mass is 16.5. The molecule has 0 radical (unpaired) electrons. The van der Waals surface area contributed by atoms with E-state index in [9.17, 15) is 4.79 Å². The number of anilines is 1. The average Bonchev–Trinajstić information content (AvgIpc) is 3.02. The standard InChI is InChI=1S/C16H20N4O3/c1-10(16-18-14(9-22-2)19-23-16)20-8-7-12(15(17)21)11-5-3-4-6-13(11)20/h3-6,10,12H,7-9H2,1-2H3,(H2,17,21)/t10-,12+/m1/s1. The van der Waals surface area contributed by atoms with Crippen molar-refractivity contribution in [3.05, 3.63) is 41.5 Å². The molecule has 3 rings (SSSR count). The number of nitrogens with two attached hydrogens (primary N) is 1. The number of nitrogens with zero attached hydrogens (tertiary/aromatic N) is 3. The first-order chi connectivity index (χ1) is 11.1. The molecule has 0 spiro atoms. The van der Waals surface area contributed by atoms with Crippen LogP contribution in [-0.2, 0) is 16.1 Å². The maximum absolute atomic E-state index is 11.7. The van der Waals surface area contributed by atoms with Gasteiger partial charge in [-0.3, -0.25) is 4.79 Å². The van der Waals surface area contributed by atoms with Crippen molar-refractivity contribution in [2.45, 2.75) is 31.9 Å². The Morgan fingerprint density at radius 1 is 1.52 bits per heavy atom. The van der Waals surface area contributed by atoms with Crippen LogP contribution in [0.5, 0.6) is 0 Å². The first kappa shape index (κ1) is 15.5. The Morgan fingerprint density at radius 2 is 2.30 bits per heavy atom. The lowest BCUT2D eigenvalue weighted by Crippen LogP contribution is -2.37. The van der Waals surface area contributed by atoms with Gasteiger partial charge in [0.2, 0.25) is 11.8 Å². The molecule has 1 aromatic carbocycles. The van der Waals surface area contributed by atoms with E-state index in [1.54, 1.807) is 7.11 Å². The van der Waals surface area contributed by atoms with E-state index < -0.39 is 0 Å². The predicted octanol–water partition coefficient (Wildman–Crippen LogP) is 1.76. The van der Waals surface area contributed by atoms with Crippen LogP contribution in [0.15, 0.2) is 28.8 Å². The molecule has 23 heavy (non-hydrogen) atoms. The van der Waals surface area contributed by atoms with Crippen LogP contribution in [-0.4, -0.2) is 29.7 Å². The number of fused-ring (bicyclic) bond motifs is 1. The lowest BCUT2D eigenvalue weighted by atomic mass is 9.88. The second-order valence-corrected chi connectivity index (χ2v) is 5.65. The molecule has 2 atom stereocenters. The quantitative estimate of drug-likeness (QED) is 0.903. The molecule has 122 valence electrons. The second-order valence-electron chi connectivity index (χ2n) is 5.65. The Hall–Kier alpha value is -2.41. The number of hydrogen-bond donors (Lipinski definition) is 1. The summed E-state index contributed by atoms with van der Waals surface area (Å²) in [4.78, 5) is 18.2. The summed E-state index contributed by atoms with van der Waals surface area (Å²) in [6.45, 7) is 3.02. The Kier molecular flexibility index (Phi) is 4.29. The van der Waals surface area contributed by atoms with Gasteiger partial charge in [0, 0.05) is 19.3 Å². The zero-order chi connectivity index (χ0) is 16.4. The number of rotatable bonds is 5. The van der Waals surface area contributed by atoms with Crippen molar-refractivity contribution in [2.24, 2.45) is 5.73 Å². The number of hydrogen-bond acceptors (Lipinski definition) is 6. The lowest BCUT2D eigenvalue weighted by Gasteiger charge is -2.37. The van der Waals surface area contributed by atoms with Crippen LogP contribution in [0.4, 0.5) is 5.69 Å². The fourth-order valence-corrected chi connectivity index (χ4v) is 3.04. The van der Waals surface area contributed by atoms with E-state index in [1.165, 1.54) is 0 Å². The highest BCUT2D eigenvalue weighted by Crippen LogP contribution is 2.39. The van der Waals surface area contributed by atoms with E-state index in [4.69, 9.17) is 15.0 Å². The van der Waals surface area contributed by atoms with Crippen LogP contribution >= 0.6 is 0 Å². The van der Waals surface area contributed by atoms with Crippen molar-refractivity contribution in [3.8, 4) is 0 Å². The Labute approximate surface area is 134 Å². The first-order valence-electron chi connectivity index (χ1n) is 7.58. The summed E-state index contributed by atoms with van der Waals surface area (Å²) in [6, 6.07) is 7.72. The van der Waals surface area contributed by atoms with Crippen LogP contribution in [0.25, 0.3) is 0 Å². The minimum absolute atomic E-state index is 0.0944. The molecular weight excluding hydrogens is 296 g/mol. The summed E-state index contributed by atoms with van der Waals surface area (Å²) in [5.41, 5.74) is 7.48. The fourth-order valence-electron chi connectivity index (χ4n) is 3.04. The Balaban J connectivity index is 1.90. The maximum atomic E-state index is 11.7. The predicted molar refractivity (Wildman–Crippen MR) is 83.8 cm³/mol. The molecule has 2 heterocycles. The van der Waals surface area contributed by atoms with Crippen molar-refractivity contribution in [2.75, 3.05) is 18.6 Å². The summed E-state index contributed by atoms with van der Waals surface area (Å²) in [5.74, 6) is 0.519. The molecule has 1 amide bonds. The molecule has 0 fully saturated rings. The van der Waals surface area contributed by atoms with Crippen molar-refractivity contribution in [3.63, 3.8) is 0 Å². The minimum atomic E-state index is -0.287. The molecule has 0 saturated heterocycles. The van der Waals surface area contributed by atoms with Gasteiger partial charge in [-0.25, -0.2) is 0 Å². The number of aromatic nitrogens is 2. The van der Waals surface area contributed by atoms with Gasteiger partial charge in [0.1, 0.15) is 12.6 Å². The van der Waals surface area contributed by atoms with Crippen molar-refractivity contribution in [1.29, 1.82) is 0 Å². The van der Waals surface area contributed by atoms with E-state index in [1.807, 2.05) is 31.2 Å². The van der Waals surface area contributed by atoms with Gasteiger partial charge in [-0.1, -0.05) is 23.4 Å². The van der Waals surface area contributed by atoms with E-state index in [0.717, 1.165) is 11.3 Å². The number of methoxy groups -OCH3 is 1. The van der Waals surface area contributed by atoms with Crippen molar-refractivity contribution in [1.82, 2.24) is 10.1 Å². The fraction of sp³-hybridized carbons (Fsp3) is 0.438. The molecule has 0 unspecified atom stereocenters. The summed E-state index contributed by atoms with van der Waals surface area (Å²) >= 11 is 0. The van der Waals surface area contributed by atoms with Crippen molar-refractivity contribution >= 4 is 11.6 Å². The molecule has 1 aliphatic heterocycles. The van der Waals surface area contributed by atoms with Gasteiger partial charge in [0.15, 0.2) is 5.82 Å². The molecule has 0 bridgehead atoms. The van der Waals surface area contributed by atoms with Gasteiger partial charge in [0.25, 0.3) is 0 Å². The van der Waals surface area contributed by atoms with Gasteiger partial charge in [-0.05, 0) is 25.0 Å². The van der Waals surface area contributed by atoms with Crippen LogP contribution < -0.4 is 10.6 Å². The maximum Gasteiger partial charge on any atom is 0.249 e. The lowest BCUT2D eigenvalue weighted by molar-refractivity contribution is -0.119. The highest BCUT2D eigenvalue weighted by Gasteiger charge is 2.32. The number of ether oxygens (including phenoxy) is 1. The normalized spacial score (nSPS) is 18.5. The third-order valence-electron chi connectivity index (χ3n) is 4.21. The summed E-state index contributed by atoms with van der Waals surface area (Å²) in [5, 5.41) is 3.91. The second kappa shape index (κ2) is 6.37. The summed E-state index contributed by atoms with van der Waals surface area (Å²) in [7, 11) is 1.59. The van der Waals surface area contributed by atoms with Crippen LogP contribution in [0.2, 0.25) is 0 Å². The molecule has 7 heteroatoms. The van der Waals surface area contributed by atoms with Crippen LogP contribution in [0.3, 0.4) is 0 Å². The third-order valence-corrected chi connectivity index (χ3v) is 4.21. The molecular formula is C16H20N4O3. The van der Waals surface area contributed by atoms with Gasteiger partial charge in [-0.2, -0.15) is 4.98 Å². The number of primary amides is 1. The number of carbonyl (C=O) groups excluding carboxylic acids is 1. The Bertz CT molecular complexity index is 700. The van der Waals surface area contributed by atoms with Gasteiger partial charge in [0.05, 0.1) is 5.92 Å². The average molecular weight is 316 g/mol. The monoisotopic (exact) mass is 316 g/mol. The third kappa shape index (κ3) is 2.92. The van der Waals surface area contributed by atoms with Gasteiger partial charge in [-0.15, -0.1) is 0 Å². The minimum Gasteiger partial charge on any atom is -0.377 e. The molecule has 0 aliphatic carbocycles. The van der Waals surface area contributed by atoms with E-state index in [2.05, 4.69) is 15.0 Å². The first-order valence-corrected chi connectivity index (χ1v) is 7.58.